The molecule has 0 fully saturated rings. The summed E-state index contributed by atoms with van der Waals surface area (Å²) in [5.74, 6) is -0.710. The first-order valence-electron chi connectivity index (χ1n) is 10.3. The van der Waals surface area contributed by atoms with E-state index in [2.05, 4.69) is 64.0 Å². The van der Waals surface area contributed by atoms with Gasteiger partial charge in [-0.05, 0) is 37.3 Å². The van der Waals surface area contributed by atoms with Crippen molar-refractivity contribution in [1.82, 2.24) is 14.8 Å². The van der Waals surface area contributed by atoms with Crippen LogP contribution in [0.4, 0.5) is 11.9 Å². The van der Waals surface area contributed by atoms with Gasteiger partial charge in [0.2, 0.25) is 11.9 Å². The molecule has 0 saturated carbocycles. The highest BCUT2D eigenvalue weighted by Gasteiger charge is 2.31. The van der Waals surface area contributed by atoms with E-state index < -0.39 is 5.97 Å². The van der Waals surface area contributed by atoms with Gasteiger partial charge in [0.15, 0.2) is 0 Å². The Morgan fingerprint density at radius 2 is 1.84 bits per heavy atom. The third-order valence-corrected chi connectivity index (χ3v) is 5.39. The lowest BCUT2D eigenvalue weighted by Crippen LogP contribution is -2.28. The Hall–Kier alpha value is -3.68. The van der Waals surface area contributed by atoms with Gasteiger partial charge in [0.25, 0.3) is 5.95 Å². The van der Waals surface area contributed by atoms with Crippen molar-refractivity contribution in [2.45, 2.75) is 44.7 Å². The quantitative estimate of drug-likeness (QED) is 0.610. The number of carbonyl (C=O) groups is 2. The highest BCUT2D eigenvalue weighted by molar-refractivity contribution is 5.89. The Labute approximate surface area is 180 Å². The first-order valence-corrected chi connectivity index (χ1v) is 10.3. The molecular formula is C23H24N5O3-. The molecule has 0 bridgehead atoms. The normalized spacial score (nSPS) is 17.5. The van der Waals surface area contributed by atoms with Crippen LogP contribution in [0.3, 0.4) is 0 Å². The van der Waals surface area contributed by atoms with Crippen LogP contribution in [0.2, 0.25) is 0 Å². The summed E-state index contributed by atoms with van der Waals surface area (Å²) < 4.78 is 1.80. The lowest BCUT2D eigenvalue weighted by molar-refractivity contribution is -0.305. The number of carboxylic acid groups (broad SMARTS) is 1. The predicted octanol–water partition coefficient (Wildman–Crippen LogP) is 2.59. The third kappa shape index (κ3) is 4.91. The Kier molecular flexibility index (Phi) is 5.97. The molecule has 31 heavy (non-hydrogen) atoms. The summed E-state index contributed by atoms with van der Waals surface area (Å²) in [6, 6.07) is 18.5. The van der Waals surface area contributed by atoms with Crippen molar-refractivity contribution in [2.75, 3.05) is 10.6 Å². The maximum absolute atomic E-state index is 12.1. The van der Waals surface area contributed by atoms with Crippen LogP contribution in [-0.4, -0.2) is 26.6 Å². The van der Waals surface area contributed by atoms with Crippen LogP contribution in [0.15, 0.2) is 54.6 Å². The number of carbonyl (C=O) groups excluding carboxylic acids is 2. The zero-order valence-corrected chi connectivity index (χ0v) is 17.2. The number of hydrogen-bond acceptors (Lipinski definition) is 6. The van der Waals surface area contributed by atoms with E-state index in [-0.39, 0.29) is 43.2 Å². The summed E-state index contributed by atoms with van der Waals surface area (Å²) in [6.45, 7) is 2.06. The molecule has 0 unspecified atom stereocenters. The van der Waals surface area contributed by atoms with Gasteiger partial charge < -0.3 is 15.2 Å². The standard InChI is InChI=1S/C23H25N5O3/c1-15-10-12-16(13-11-15)18-14-19(17-6-3-2-4-7-17)28-23(24-18)26-22(27-28)25-20(29)8-5-9-21(30)31/h2-4,6-7,10-13,18-19H,5,8-9,14H2,1H3,(H,30,31)(H2,24,25,26,27,29)/p-1/t18-,19+/m1/s1. The van der Waals surface area contributed by atoms with Crippen molar-refractivity contribution in [3.63, 3.8) is 0 Å². The summed E-state index contributed by atoms with van der Waals surface area (Å²) in [5.41, 5.74) is 3.47. The Morgan fingerprint density at radius 3 is 2.55 bits per heavy atom. The SMILES string of the molecule is Cc1ccc([C@H]2C[C@@H](c3ccccc3)n3nc(NC(=O)CCCC(=O)[O-])nc3N2)cc1. The minimum Gasteiger partial charge on any atom is -0.550 e. The number of anilines is 2. The molecule has 8 nitrogen and oxygen atoms in total. The first kappa shape index (κ1) is 20.6. The number of fused-ring (bicyclic) bond motifs is 1. The van der Waals surface area contributed by atoms with Gasteiger partial charge in [-0.15, -0.1) is 5.10 Å². The van der Waals surface area contributed by atoms with Gasteiger partial charge >= 0.3 is 0 Å². The van der Waals surface area contributed by atoms with E-state index in [9.17, 15) is 14.7 Å². The second kappa shape index (κ2) is 8.99. The fourth-order valence-corrected chi connectivity index (χ4v) is 3.78. The molecular weight excluding hydrogens is 394 g/mol. The molecule has 0 saturated heterocycles. The first-order chi connectivity index (χ1) is 15.0. The van der Waals surface area contributed by atoms with E-state index in [1.165, 1.54) is 5.56 Å². The van der Waals surface area contributed by atoms with Gasteiger partial charge in [0.1, 0.15) is 0 Å². The molecule has 8 heteroatoms. The minimum atomic E-state index is -1.17. The number of nitrogens with one attached hydrogen (secondary N) is 2. The number of nitrogens with zero attached hydrogens (tertiary/aromatic N) is 3. The van der Waals surface area contributed by atoms with E-state index >= 15 is 0 Å². The molecule has 1 aliphatic rings. The molecule has 3 aromatic rings. The van der Waals surface area contributed by atoms with Gasteiger partial charge in [0.05, 0.1) is 12.1 Å². The van der Waals surface area contributed by atoms with Crippen LogP contribution in [-0.2, 0) is 9.59 Å². The smallest absolute Gasteiger partial charge is 0.250 e. The zero-order chi connectivity index (χ0) is 21.8. The van der Waals surface area contributed by atoms with E-state index in [4.69, 9.17) is 0 Å². The lowest BCUT2D eigenvalue weighted by Gasteiger charge is -2.31. The molecule has 160 valence electrons. The summed E-state index contributed by atoms with van der Waals surface area (Å²) in [5, 5.41) is 21.2. The fraction of sp³-hybridized carbons (Fsp3) is 0.304. The van der Waals surface area contributed by atoms with Crippen LogP contribution >= 0.6 is 0 Å². The molecule has 1 aromatic heterocycles. The van der Waals surface area contributed by atoms with Gasteiger partial charge in [-0.3, -0.25) is 10.1 Å². The monoisotopic (exact) mass is 418 g/mol. The average molecular weight is 418 g/mol. The molecule has 2 atom stereocenters. The maximum Gasteiger partial charge on any atom is 0.250 e. The number of benzene rings is 2. The Balaban J connectivity index is 1.58. The number of aryl methyl sites for hydroxylation is 1. The highest BCUT2D eigenvalue weighted by atomic mass is 16.4. The number of amides is 1. The molecule has 0 radical (unpaired) electrons. The van der Waals surface area contributed by atoms with Crippen molar-refractivity contribution in [2.24, 2.45) is 0 Å². The van der Waals surface area contributed by atoms with E-state index in [0.717, 1.165) is 17.5 Å². The summed E-state index contributed by atoms with van der Waals surface area (Å²) in [7, 11) is 0. The zero-order valence-electron chi connectivity index (χ0n) is 17.2. The van der Waals surface area contributed by atoms with Gasteiger partial charge in [0, 0.05) is 12.4 Å². The third-order valence-electron chi connectivity index (χ3n) is 5.39. The molecule has 0 aliphatic carbocycles. The van der Waals surface area contributed by atoms with Gasteiger partial charge in [-0.25, -0.2) is 4.68 Å². The van der Waals surface area contributed by atoms with E-state index in [1.807, 2.05) is 18.2 Å². The Morgan fingerprint density at radius 1 is 1.10 bits per heavy atom. The van der Waals surface area contributed by atoms with Crippen LogP contribution in [0.25, 0.3) is 0 Å². The average Bonchev–Trinajstić information content (AvgIpc) is 3.16. The maximum atomic E-state index is 12.1. The summed E-state index contributed by atoms with van der Waals surface area (Å²) in [6.07, 6.45) is 0.903. The molecule has 2 aromatic carbocycles. The summed E-state index contributed by atoms with van der Waals surface area (Å²) >= 11 is 0. The fourth-order valence-electron chi connectivity index (χ4n) is 3.78. The second-order valence-corrected chi connectivity index (χ2v) is 7.75. The van der Waals surface area contributed by atoms with Crippen molar-refractivity contribution >= 4 is 23.8 Å². The van der Waals surface area contributed by atoms with E-state index in [0.29, 0.717) is 5.95 Å². The van der Waals surface area contributed by atoms with Crippen LogP contribution < -0.4 is 15.7 Å². The van der Waals surface area contributed by atoms with Crippen molar-refractivity contribution in [3.8, 4) is 0 Å². The van der Waals surface area contributed by atoms with Crippen molar-refractivity contribution in [1.29, 1.82) is 0 Å². The number of carboxylic acids is 1. The molecule has 2 heterocycles. The van der Waals surface area contributed by atoms with Crippen LogP contribution in [0.1, 0.15) is 54.5 Å². The molecule has 4 rings (SSSR count). The number of rotatable bonds is 7. The highest BCUT2D eigenvalue weighted by Crippen LogP contribution is 2.38. The van der Waals surface area contributed by atoms with Crippen LogP contribution in [0, 0.1) is 6.92 Å². The van der Waals surface area contributed by atoms with Gasteiger partial charge in [-0.1, -0.05) is 60.2 Å². The minimum absolute atomic E-state index is 0.0417. The second-order valence-electron chi connectivity index (χ2n) is 7.75. The molecule has 1 amide bonds. The Bertz CT molecular complexity index is 1060. The van der Waals surface area contributed by atoms with Crippen LogP contribution in [0.5, 0.6) is 0 Å². The van der Waals surface area contributed by atoms with Crippen molar-refractivity contribution in [3.05, 3.63) is 71.3 Å². The summed E-state index contributed by atoms with van der Waals surface area (Å²) in [4.78, 5) is 27.2. The molecule has 0 spiro atoms. The largest absolute Gasteiger partial charge is 0.550 e. The number of aromatic nitrogens is 3. The number of hydrogen-bond donors (Lipinski definition) is 2. The number of aliphatic carboxylic acids is 1. The van der Waals surface area contributed by atoms with Crippen molar-refractivity contribution < 1.29 is 14.7 Å². The topological polar surface area (TPSA) is 112 Å². The van der Waals surface area contributed by atoms with E-state index in [1.54, 1.807) is 4.68 Å². The molecule has 2 N–H and O–H groups in total. The molecule has 1 aliphatic heterocycles. The predicted molar refractivity (Wildman–Crippen MR) is 114 cm³/mol. The lowest BCUT2D eigenvalue weighted by atomic mass is 9.93. The van der Waals surface area contributed by atoms with Gasteiger partial charge in [-0.2, -0.15) is 4.98 Å².